The maximum atomic E-state index is 13.3. The zero-order chi connectivity index (χ0) is 26.1. The van der Waals surface area contributed by atoms with Crippen molar-refractivity contribution in [1.29, 1.82) is 0 Å². The maximum Gasteiger partial charge on any atom is 0.416 e. The van der Waals surface area contributed by atoms with E-state index in [0.717, 1.165) is 24.3 Å². The van der Waals surface area contributed by atoms with E-state index in [-0.39, 0.29) is 6.54 Å². The van der Waals surface area contributed by atoms with Gasteiger partial charge in [0.1, 0.15) is 0 Å². The number of hydrogen-bond acceptors (Lipinski definition) is 1. The van der Waals surface area contributed by atoms with Crippen molar-refractivity contribution in [3.63, 3.8) is 0 Å². The topological polar surface area (TPSA) is 12.0 Å². The fraction of sp³-hybridized carbons (Fsp3) is 0.143. The Labute approximate surface area is 209 Å². The van der Waals surface area contributed by atoms with Gasteiger partial charge in [0.15, 0.2) is 0 Å². The molecule has 0 aliphatic heterocycles. The van der Waals surface area contributed by atoms with Gasteiger partial charge in [-0.2, -0.15) is 26.3 Å². The van der Waals surface area contributed by atoms with Crippen molar-refractivity contribution in [2.24, 2.45) is 0 Å². The van der Waals surface area contributed by atoms with Crippen LogP contribution >= 0.6 is 11.6 Å². The van der Waals surface area contributed by atoms with Crippen LogP contribution in [0.2, 0.25) is 5.02 Å². The monoisotopic (exact) mass is 519 g/mol. The average molecular weight is 520 g/mol. The lowest BCUT2D eigenvalue weighted by atomic mass is 9.96. The second kappa shape index (κ2) is 9.90. The van der Waals surface area contributed by atoms with Crippen molar-refractivity contribution >= 4 is 17.3 Å². The second-order valence-corrected chi connectivity index (χ2v) is 8.72. The highest BCUT2D eigenvalue weighted by atomic mass is 35.5. The molecule has 0 aliphatic carbocycles. The third kappa shape index (κ3) is 5.68. The van der Waals surface area contributed by atoms with E-state index >= 15 is 0 Å². The van der Waals surface area contributed by atoms with Crippen LogP contribution in [-0.2, 0) is 18.9 Å². The molecule has 0 bridgehead atoms. The van der Waals surface area contributed by atoms with E-state index < -0.39 is 23.5 Å². The van der Waals surface area contributed by atoms with Crippen LogP contribution in [0.4, 0.5) is 32.0 Å². The Kier molecular flexibility index (Phi) is 7.05. The molecule has 0 unspecified atom stereocenters. The minimum absolute atomic E-state index is 0.233. The van der Waals surface area contributed by atoms with Crippen molar-refractivity contribution in [3.8, 4) is 22.3 Å². The van der Waals surface area contributed by atoms with Gasteiger partial charge in [-0.05, 0) is 71.1 Å². The van der Waals surface area contributed by atoms with Gasteiger partial charge in [-0.25, -0.2) is 0 Å². The first kappa shape index (κ1) is 25.6. The van der Waals surface area contributed by atoms with Crippen LogP contribution in [0.25, 0.3) is 22.3 Å². The van der Waals surface area contributed by atoms with E-state index in [9.17, 15) is 26.3 Å². The standard InChI is InChI=1S/C28H20ClF6N/c1-17-13-20(27(30,31)32)9-11-23(17)24-12-10-22(15-26(24)29)36-16-19-7-8-21(28(33,34)35)14-25(19)18-5-3-2-4-6-18/h2-15,36H,16H2,1H3. The molecule has 4 aromatic carbocycles. The molecule has 0 saturated carbocycles. The number of nitrogens with one attached hydrogen (secondary N) is 1. The summed E-state index contributed by atoms with van der Waals surface area (Å²) >= 11 is 6.46. The molecule has 4 rings (SSSR count). The van der Waals surface area contributed by atoms with E-state index in [1.54, 1.807) is 55.5 Å². The Morgan fingerprint density at radius 2 is 1.28 bits per heavy atom. The molecule has 0 heterocycles. The number of aryl methyl sites for hydroxylation is 1. The van der Waals surface area contributed by atoms with Gasteiger partial charge in [-0.3, -0.25) is 0 Å². The predicted molar refractivity (Wildman–Crippen MR) is 131 cm³/mol. The van der Waals surface area contributed by atoms with Gasteiger partial charge in [0, 0.05) is 17.8 Å². The van der Waals surface area contributed by atoms with Gasteiger partial charge in [-0.1, -0.05) is 60.1 Å². The molecule has 0 aromatic heterocycles. The Balaban J connectivity index is 1.59. The molecule has 186 valence electrons. The summed E-state index contributed by atoms with van der Waals surface area (Å²) < 4.78 is 78.9. The predicted octanol–water partition coefficient (Wildman–Crippen LogP) is 9.63. The van der Waals surface area contributed by atoms with Gasteiger partial charge < -0.3 is 5.32 Å². The third-order valence-corrected chi connectivity index (χ3v) is 6.13. The lowest BCUT2D eigenvalue weighted by Crippen LogP contribution is -2.07. The zero-order valence-corrected chi connectivity index (χ0v) is 19.7. The summed E-state index contributed by atoms with van der Waals surface area (Å²) in [6, 6.07) is 21.0. The van der Waals surface area contributed by atoms with Crippen molar-refractivity contribution in [3.05, 3.63) is 112 Å². The first-order valence-corrected chi connectivity index (χ1v) is 11.3. The van der Waals surface area contributed by atoms with Crippen molar-refractivity contribution in [2.75, 3.05) is 5.32 Å². The van der Waals surface area contributed by atoms with Crippen LogP contribution in [0, 0.1) is 6.92 Å². The summed E-state index contributed by atoms with van der Waals surface area (Å²) in [5.74, 6) is 0. The Morgan fingerprint density at radius 1 is 0.667 bits per heavy atom. The summed E-state index contributed by atoms with van der Waals surface area (Å²) in [7, 11) is 0. The molecule has 8 heteroatoms. The van der Waals surface area contributed by atoms with E-state index in [1.807, 2.05) is 0 Å². The highest BCUT2D eigenvalue weighted by Crippen LogP contribution is 2.37. The summed E-state index contributed by atoms with van der Waals surface area (Å²) in [6.45, 7) is 1.82. The van der Waals surface area contributed by atoms with Crippen molar-refractivity contribution in [1.82, 2.24) is 0 Å². The van der Waals surface area contributed by atoms with Gasteiger partial charge in [0.05, 0.1) is 16.1 Å². The summed E-state index contributed by atoms with van der Waals surface area (Å²) in [4.78, 5) is 0. The second-order valence-electron chi connectivity index (χ2n) is 8.31. The SMILES string of the molecule is Cc1cc(C(F)(F)F)ccc1-c1ccc(NCc2ccc(C(F)(F)F)cc2-c2ccccc2)cc1Cl. The highest BCUT2D eigenvalue weighted by molar-refractivity contribution is 6.33. The fourth-order valence-corrected chi connectivity index (χ4v) is 4.26. The molecule has 36 heavy (non-hydrogen) atoms. The molecule has 0 spiro atoms. The van der Waals surface area contributed by atoms with E-state index in [1.165, 1.54) is 12.1 Å². The third-order valence-electron chi connectivity index (χ3n) is 5.82. The molecule has 0 fully saturated rings. The van der Waals surface area contributed by atoms with Crippen LogP contribution in [0.3, 0.4) is 0 Å². The highest BCUT2D eigenvalue weighted by Gasteiger charge is 2.31. The Morgan fingerprint density at radius 3 is 1.89 bits per heavy atom. The summed E-state index contributed by atoms with van der Waals surface area (Å²) in [5.41, 5.74) is 2.52. The number of anilines is 1. The smallest absolute Gasteiger partial charge is 0.381 e. The quantitative estimate of drug-likeness (QED) is 0.259. The maximum absolute atomic E-state index is 13.3. The Hall–Kier alpha value is -3.45. The van der Waals surface area contributed by atoms with Crippen molar-refractivity contribution in [2.45, 2.75) is 25.8 Å². The number of hydrogen-bond donors (Lipinski definition) is 1. The van der Waals surface area contributed by atoms with Gasteiger partial charge in [-0.15, -0.1) is 0 Å². The largest absolute Gasteiger partial charge is 0.416 e. The van der Waals surface area contributed by atoms with Crippen LogP contribution in [-0.4, -0.2) is 0 Å². The molecule has 0 radical (unpaired) electrons. The lowest BCUT2D eigenvalue weighted by Gasteiger charge is -2.16. The number of alkyl halides is 6. The van der Waals surface area contributed by atoms with Crippen LogP contribution in [0.5, 0.6) is 0 Å². The molecule has 1 nitrogen and oxygen atoms in total. The normalized spacial score (nSPS) is 12.0. The zero-order valence-electron chi connectivity index (χ0n) is 18.9. The van der Waals surface area contributed by atoms with Gasteiger partial charge in [0.25, 0.3) is 0 Å². The van der Waals surface area contributed by atoms with Gasteiger partial charge in [0.2, 0.25) is 0 Å². The summed E-state index contributed by atoms with van der Waals surface area (Å²) in [5, 5.41) is 3.51. The molecule has 0 saturated heterocycles. The van der Waals surface area contributed by atoms with Crippen LogP contribution in [0.15, 0.2) is 84.9 Å². The molecule has 0 amide bonds. The number of rotatable bonds is 5. The van der Waals surface area contributed by atoms with Crippen LogP contribution < -0.4 is 5.32 Å². The minimum Gasteiger partial charge on any atom is -0.381 e. The fourth-order valence-electron chi connectivity index (χ4n) is 3.98. The lowest BCUT2D eigenvalue weighted by molar-refractivity contribution is -0.138. The molecular weight excluding hydrogens is 500 g/mol. The number of halogens is 7. The van der Waals surface area contributed by atoms with E-state index in [4.69, 9.17) is 11.6 Å². The summed E-state index contributed by atoms with van der Waals surface area (Å²) in [6.07, 6.45) is -8.90. The first-order chi connectivity index (χ1) is 16.9. The van der Waals surface area contributed by atoms with Crippen LogP contribution in [0.1, 0.15) is 22.3 Å². The van der Waals surface area contributed by atoms with E-state index in [0.29, 0.717) is 44.1 Å². The molecule has 1 N–H and O–H groups in total. The molecular formula is C28H20ClF6N. The first-order valence-electron chi connectivity index (χ1n) is 10.9. The Bertz CT molecular complexity index is 1380. The average Bonchev–Trinajstić information content (AvgIpc) is 2.82. The molecule has 4 aromatic rings. The molecule has 0 atom stereocenters. The van der Waals surface area contributed by atoms with Gasteiger partial charge >= 0.3 is 12.4 Å². The minimum atomic E-state index is -4.46. The van der Waals surface area contributed by atoms with Crippen molar-refractivity contribution < 1.29 is 26.3 Å². The molecule has 0 aliphatic rings. The number of benzene rings is 4. The van der Waals surface area contributed by atoms with E-state index in [2.05, 4.69) is 5.32 Å².